The number of carbonyl (C=O) groups is 1. The zero-order valence-corrected chi connectivity index (χ0v) is 13.9. The van der Waals surface area contributed by atoms with Crippen LogP contribution >= 0.6 is 0 Å². The summed E-state index contributed by atoms with van der Waals surface area (Å²) < 4.78 is 5.11. The lowest BCUT2D eigenvalue weighted by atomic mass is 9.89. The molecule has 0 N–H and O–H groups in total. The maximum absolute atomic E-state index is 12.6. The molecule has 1 saturated heterocycles. The summed E-state index contributed by atoms with van der Waals surface area (Å²) >= 11 is 0. The number of ketones is 1. The molecule has 0 atom stereocenters. The van der Waals surface area contributed by atoms with Crippen molar-refractivity contribution in [3.05, 3.63) is 58.3 Å². The molecule has 3 rings (SSSR count). The van der Waals surface area contributed by atoms with Crippen molar-refractivity contribution in [2.45, 2.75) is 12.8 Å². The molecule has 1 aromatic carbocycles. The molecule has 130 valence electrons. The largest absolute Gasteiger partial charge is 0.497 e. The number of anilines is 1. The van der Waals surface area contributed by atoms with Crippen molar-refractivity contribution in [2.24, 2.45) is 5.92 Å². The van der Waals surface area contributed by atoms with Gasteiger partial charge >= 0.3 is 5.69 Å². The third-order valence-electron chi connectivity index (χ3n) is 4.50. The fourth-order valence-electron chi connectivity index (χ4n) is 3.12. The van der Waals surface area contributed by atoms with Crippen LogP contribution in [0.25, 0.3) is 0 Å². The number of carbonyl (C=O) groups excluding carboxylic acids is 1. The van der Waals surface area contributed by atoms with Gasteiger partial charge in [-0.3, -0.25) is 14.9 Å². The highest BCUT2D eigenvalue weighted by molar-refractivity contribution is 5.98. The molecule has 0 saturated carbocycles. The highest BCUT2D eigenvalue weighted by Gasteiger charge is 2.29. The molecule has 0 radical (unpaired) electrons. The van der Waals surface area contributed by atoms with E-state index in [0.717, 1.165) is 0 Å². The van der Waals surface area contributed by atoms with Gasteiger partial charge in [0.15, 0.2) is 5.78 Å². The Balaban J connectivity index is 1.67. The second kappa shape index (κ2) is 7.29. The molecular weight excluding hydrogens is 322 g/mol. The van der Waals surface area contributed by atoms with E-state index in [0.29, 0.717) is 43.1 Å². The average molecular weight is 341 g/mol. The average Bonchev–Trinajstić information content (AvgIpc) is 2.67. The number of nitro groups is 1. The van der Waals surface area contributed by atoms with Crippen molar-refractivity contribution in [1.29, 1.82) is 0 Å². The Kier molecular flexibility index (Phi) is 4.92. The van der Waals surface area contributed by atoms with Crippen LogP contribution in [0.4, 0.5) is 11.5 Å². The lowest BCUT2D eigenvalue weighted by Gasteiger charge is -2.31. The molecule has 0 spiro atoms. The second-order valence-electron chi connectivity index (χ2n) is 5.96. The van der Waals surface area contributed by atoms with E-state index in [1.807, 2.05) is 4.90 Å². The van der Waals surface area contributed by atoms with Crippen molar-refractivity contribution in [3.63, 3.8) is 0 Å². The van der Waals surface area contributed by atoms with Crippen LogP contribution in [0.3, 0.4) is 0 Å². The van der Waals surface area contributed by atoms with Gasteiger partial charge in [-0.15, -0.1) is 0 Å². The summed E-state index contributed by atoms with van der Waals surface area (Å²) in [7, 11) is 1.59. The Bertz CT molecular complexity index is 768. The number of rotatable bonds is 5. The van der Waals surface area contributed by atoms with Gasteiger partial charge in [-0.1, -0.05) is 0 Å². The van der Waals surface area contributed by atoms with Crippen LogP contribution in [0.1, 0.15) is 23.2 Å². The Morgan fingerprint density at radius 1 is 1.24 bits per heavy atom. The topological polar surface area (TPSA) is 85.6 Å². The smallest absolute Gasteiger partial charge is 0.311 e. The van der Waals surface area contributed by atoms with E-state index in [4.69, 9.17) is 4.74 Å². The van der Waals surface area contributed by atoms with Gasteiger partial charge in [0.2, 0.25) is 5.82 Å². The van der Waals surface area contributed by atoms with Gasteiger partial charge in [0.25, 0.3) is 0 Å². The number of benzene rings is 1. The Morgan fingerprint density at radius 3 is 2.52 bits per heavy atom. The molecule has 7 nitrogen and oxygen atoms in total. The minimum Gasteiger partial charge on any atom is -0.497 e. The van der Waals surface area contributed by atoms with Gasteiger partial charge in [-0.25, -0.2) is 4.98 Å². The van der Waals surface area contributed by atoms with E-state index >= 15 is 0 Å². The summed E-state index contributed by atoms with van der Waals surface area (Å²) in [5.74, 6) is 1.13. The number of hydrogen-bond acceptors (Lipinski definition) is 6. The summed E-state index contributed by atoms with van der Waals surface area (Å²) in [6, 6.07) is 10.1. The first-order valence-electron chi connectivity index (χ1n) is 8.13. The third kappa shape index (κ3) is 3.60. The van der Waals surface area contributed by atoms with Crippen molar-refractivity contribution in [3.8, 4) is 5.75 Å². The number of methoxy groups -OCH3 is 1. The fourth-order valence-corrected chi connectivity index (χ4v) is 3.12. The fraction of sp³-hybridized carbons (Fsp3) is 0.333. The summed E-state index contributed by atoms with van der Waals surface area (Å²) in [6.07, 6.45) is 2.86. The van der Waals surface area contributed by atoms with Crippen LogP contribution in [-0.4, -0.2) is 35.9 Å². The number of aromatic nitrogens is 1. The van der Waals surface area contributed by atoms with Crippen LogP contribution in [0, 0.1) is 16.0 Å². The zero-order chi connectivity index (χ0) is 17.8. The monoisotopic (exact) mass is 341 g/mol. The van der Waals surface area contributed by atoms with E-state index in [-0.39, 0.29) is 17.4 Å². The number of pyridine rings is 1. The Morgan fingerprint density at radius 2 is 1.92 bits per heavy atom. The molecule has 1 aliphatic rings. The SMILES string of the molecule is COc1ccc(C(=O)C2CCN(c3ncccc3[N+](=O)[O-])CC2)cc1. The quantitative estimate of drug-likeness (QED) is 0.472. The van der Waals surface area contributed by atoms with Gasteiger partial charge in [-0.2, -0.15) is 0 Å². The molecule has 1 aromatic heterocycles. The first-order valence-corrected chi connectivity index (χ1v) is 8.13. The van der Waals surface area contributed by atoms with Gasteiger partial charge in [0.05, 0.1) is 12.0 Å². The van der Waals surface area contributed by atoms with Crippen LogP contribution in [-0.2, 0) is 0 Å². The van der Waals surface area contributed by atoms with Crippen molar-refractivity contribution in [1.82, 2.24) is 4.98 Å². The first-order chi connectivity index (χ1) is 12.1. The van der Waals surface area contributed by atoms with E-state index in [2.05, 4.69) is 4.98 Å². The van der Waals surface area contributed by atoms with Crippen LogP contribution in [0.5, 0.6) is 5.75 Å². The zero-order valence-electron chi connectivity index (χ0n) is 13.9. The van der Waals surface area contributed by atoms with E-state index < -0.39 is 4.92 Å². The number of nitrogens with zero attached hydrogens (tertiary/aromatic N) is 3. The highest BCUT2D eigenvalue weighted by Crippen LogP contribution is 2.30. The van der Waals surface area contributed by atoms with Crippen molar-refractivity contribution in [2.75, 3.05) is 25.1 Å². The number of ether oxygens (including phenoxy) is 1. The summed E-state index contributed by atoms with van der Waals surface area (Å²) in [5, 5.41) is 11.1. The van der Waals surface area contributed by atoms with E-state index in [1.165, 1.54) is 6.07 Å². The molecule has 2 heterocycles. The van der Waals surface area contributed by atoms with Crippen LogP contribution in [0.2, 0.25) is 0 Å². The van der Waals surface area contributed by atoms with Crippen LogP contribution in [0.15, 0.2) is 42.6 Å². The molecule has 1 aliphatic heterocycles. The Hall–Kier alpha value is -2.96. The Labute approximate surface area is 145 Å². The lowest BCUT2D eigenvalue weighted by molar-refractivity contribution is -0.384. The normalized spacial score (nSPS) is 15.0. The summed E-state index contributed by atoms with van der Waals surface area (Å²) in [4.78, 5) is 29.4. The molecule has 1 fully saturated rings. The highest BCUT2D eigenvalue weighted by atomic mass is 16.6. The minimum absolute atomic E-state index is 0.00225. The van der Waals surface area contributed by atoms with Crippen molar-refractivity contribution < 1.29 is 14.5 Å². The summed E-state index contributed by atoms with van der Waals surface area (Å²) in [6.45, 7) is 1.15. The molecule has 0 amide bonds. The van der Waals surface area contributed by atoms with Gasteiger partial charge in [-0.05, 0) is 43.2 Å². The standard InChI is InChI=1S/C18H19N3O4/c1-25-15-6-4-13(5-7-15)17(22)14-8-11-20(12-9-14)18-16(21(23)24)3-2-10-19-18/h2-7,10,14H,8-9,11-12H2,1H3. The first kappa shape index (κ1) is 16.9. The number of Topliss-reactive ketones (excluding diaryl/α,β-unsaturated/α-hetero) is 1. The summed E-state index contributed by atoms with van der Waals surface area (Å²) in [5.41, 5.74) is 0.672. The van der Waals surface area contributed by atoms with Gasteiger partial charge in [0, 0.05) is 36.8 Å². The predicted octanol–water partition coefficient (Wildman–Crippen LogP) is 3.10. The van der Waals surface area contributed by atoms with Gasteiger partial charge in [0.1, 0.15) is 5.75 Å². The molecular formula is C18H19N3O4. The minimum atomic E-state index is -0.420. The molecule has 0 aliphatic carbocycles. The molecule has 7 heteroatoms. The predicted molar refractivity (Wildman–Crippen MR) is 93.2 cm³/mol. The lowest BCUT2D eigenvalue weighted by Crippen LogP contribution is -2.37. The molecule has 2 aromatic rings. The molecule has 0 bridgehead atoms. The molecule has 0 unspecified atom stereocenters. The molecule has 25 heavy (non-hydrogen) atoms. The number of piperidine rings is 1. The van der Waals surface area contributed by atoms with Gasteiger partial charge < -0.3 is 9.64 Å². The van der Waals surface area contributed by atoms with Crippen LogP contribution < -0.4 is 9.64 Å². The van der Waals surface area contributed by atoms with E-state index in [9.17, 15) is 14.9 Å². The maximum Gasteiger partial charge on any atom is 0.311 e. The van der Waals surface area contributed by atoms with E-state index in [1.54, 1.807) is 43.6 Å². The third-order valence-corrected chi connectivity index (χ3v) is 4.50. The second-order valence-corrected chi connectivity index (χ2v) is 5.96. The number of hydrogen-bond donors (Lipinski definition) is 0. The van der Waals surface area contributed by atoms with Crippen molar-refractivity contribution >= 4 is 17.3 Å². The maximum atomic E-state index is 12.6.